The van der Waals surface area contributed by atoms with Gasteiger partial charge in [-0.2, -0.15) is 4.31 Å². The summed E-state index contributed by atoms with van der Waals surface area (Å²) in [5.41, 5.74) is 0. The van der Waals surface area contributed by atoms with Crippen LogP contribution < -0.4 is 5.32 Å². The summed E-state index contributed by atoms with van der Waals surface area (Å²) in [5, 5.41) is 2.83. The van der Waals surface area contributed by atoms with Gasteiger partial charge >= 0.3 is 0 Å². The molecule has 0 spiro atoms. The molecule has 2 rings (SSSR count). The predicted molar refractivity (Wildman–Crippen MR) is 69.6 cm³/mol. The van der Waals surface area contributed by atoms with Gasteiger partial charge in [-0.05, 0) is 31.9 Å². The van der Waals surface area contributed by atoms with Gasteiger partial charge < -0.3 is 9.73 Å². The molecule has 0 saturated heterocycles. The Balaban J connectivity index is 1.90. The van der Waals surface area contributed by atoms with Gasteiger partial charge in [-0.1, -0.05) is 0 Å². The zero-order chi connectivity index (χ0) is 13.2. The second kappa shape index (κ2) is 5.42. The Morgan fingerprint density at radius 2 is 2.28 bits per heavy atom. The van der Waals surface area contributed by atoms with Crippen LogP contribution in [0.5, 0.6) is 0 Å². The van der Waals surface area contributed by atoms with Crippen molar-refractivity contribution in [3.63, 3.8) is 0 Å². The van der Waals surface area contributed by atoms with Gasteiger partial charge in [0.05, 0.1) is 18.1 Å². The van der Waals surface area contributed by atoms with Gasteiger partial charge in [-0.3, -0.25) is 0 Å². The third-order valence-corrected chi connectivity index (χ3v) is 5.35. The lowest BCUT2D eigenvalue weighted by atomic mass is 10.4. The van der Waals surface area contributed by atoms with Crippen molar-refractivity contribution in [2.45, 2.75) is 37.6 Å². The number of sulfonamides is 1. The Hall–Kier alpha value is -0.850. The number of nitrogens with one attached hydrogen (secondary N) is 1. The zero-order valence-corrected chi connectivity index (χ0v) is 11.6. The molecule has 0 amide bonds. The molecule has 18 heavy (non-hydrogen) atoms. The minimum Gasteiger partial charge on any atom is -0.468 e. The first-order chi connectivity index (χ1) is 8.50. The maximum Gasteiger partial charge on any atom is 0.218 e. The van der Waals surface area contributed by atoms with Crippen LogP contribution in [0, 0.1) is 0 Å². The van der Waals surface area contributed by atoms with Crippen LogP contribution in [0.3, 0.4) is 0 Å². The molecule has 1 aliphatic rings. The average molecular weight is 272 g/mol. The van der Waals surface area contributed by atoms with Gasteiger partial charge in [-0.15, -0.1) is 0 Å². The summed E-state index contributed by atoms with van der Waals surface area (Å²) in [7, 11) is -1.68. The van der Waals surface area contributed by atoms with Crippen molar-refractivity contribution in [3.8, 4) is 0 Å². The first-order valence-corrected chi connectivity index (χ1v) is 7.71. The highest BCUT2D eigenvalue weighted by atomic mass is 32.2. The topological polar surface area (TPSA) is 62.6 Å². The molecule has 1 unspecified atom stereocenters. The Morgan fingerprint density at radius 1 is 1.56 bits per heavy atom. The maximum atomic E-state index is 12.2. The van der Waals surface area contributed by atoms with Gasteiger partial charge in [0.15, 0.2) is 0 Å². The summed E-state index contributed by atoms with van der Waals surface area (Å²) >= 11 is 0. The minimum absolute atomic E-state index is 0.281. The van der Waals surface area contributed by atoms with Crippen molar-refractivity contribution in [1.29, 1.82) is 0 Å². The SMILES string of the molecule is CC(CNC1CC1)S(=O)(=O)N(C)Cc1ccco1. The van der Waals surface area contributed by atoms with Crippen LogP contribution in [-0.2, 0) is 16.6 Å². The standard InChI is InChI=1S/C12H20N2O3S/c1-10(8-13-11-5-6-11)18(15,16)14(2)9-12-4-3-7-17-12/h3-4,7,10-11,13H,5-6,8-9H2,1-2H3. The first-order valence-electron chi connectivity index (χ1n) is 6.21. The van der Waals surface area contributed by atoms with Crippen molar-refractivity contribution in [1.82, 2.24) is 9.62 Å². The van der Waals surface area contributed by atoms with E-state index < -0.39 is 15.3 Å². The van der Waals surface area contributed by atoms with Crippen LogP contribution in [0.1, 0.15) is 25.5 Å². The van der Waals surface area contributed by atoms with Crippen LogP contribution >= 0.6 is 0 Å². The molecule has 0 aromatic carbocycles. The van der Waals surface area contributed by atoms with E-state index in [1.807, 2.05) is 0 Å². The lowest BCUT2D eigenvalue weighted by Gasteiger charge is -2.21. The fraction of sp³-hybridized carbons (Fsp3) is 0.667. The quantitative estimate of drug-likeness (QED) is 0.809. The molecular weight excluding hydrogens is 252 g/mol. The Bertz CT molecular complexity index is 466. The van der Waals surface area contributed by atoms with Gasteiger partial charge in [0.2, 0.25) is 10.0 Å². The Kier molecular flexibility index (Phi) is 4.09. The van der Waals surface area contributed by atoms with E-state index in [0.717, 1.165) is 12.8 Å². The molecule has 1 aromatic rings. The number of nitrogens with zero attached hydrogens (tertiary/aromatic N) is 1. The molecule has 1 aliphatic carbocycles. The summed E-state index contributed by atoms with van der Waals surface area (Å²) in [6.45, 7) is 2.53. The molecule has 1 N–H and O–H groups in total. The van der Waals surface area contributed by atoms with Gasteiger partial charge in [0.25, 0.3) is 0 Å². The number of rotatable bonds is 7. The molecule has 1 aromatic heterocycles. The van der Waals surface area contributed by atoms with Crippen LogP contribution in [0.25, 0.3) is 0 Å². The molecule has 1 saturated carbocycles. The molecular formula is C12H20N2O3S. The lowest BCUT2D eigenvalue weighted by Crippen LogP contribution is -2.40. The Labute approximate surface area is 108 Å². The molecule has 5 nitrogen and oxygen atoms in total. The monoisotopic (exact) mass is 272 g/mol. The predicted octanol–water partition coefficient (Wildman–Crippen LogP) is 1.18. The van der Waals surface area contributed by atoms with Crippen LogP contribution in [0.2, 0.25) is 0 Å². The summed E-state index contributed by atoms with van der Waals surface area (Å²) in [6, 6.07) is 4.06. The molecule has 0 aliphatic heterocycles. The second-order valence-corrected chi connectivity index (χ2v) is 7.33. The minimum atomic E-state index is -3.27. The number of furan rings is 1. The molecule has 6 heteroatoms. The fourth-order valence-corrected chi connectivity index (χ4v) is 2.97. The van der Waals surface area contributed by atoms with Gasteiger partial charge in [0.1, 0.15) is 5.76 Å². The average Bonchev–Trinajstić information content (AvgIpc) is 3.02. The van der Waals surface area contributed by atoms with Crippen LogP contribution in [0.4, 0.5) is 0 Å². The molecule has 102 valence electrons. The molecule has 1 fully saturated rings. The van der Waals surface area contributed by atoms with Gasteiger partial charge in [-0.25, -0.2) is 8.42 Å². The highest BCUT2D eigenvalue weighted by molar-refractivity contribution is 7.89. The maximum absolute atomic E-state index is 12.2. The van der Waals surface area contributed by atoms with E-state index >= 15 is 0 Å². The third-order valence-electron chi connectivity index (χ3n) is 3.17. The van der Waals surface area contributed by atoms with E-state index in [1.165, 1.54) is 4.31 Å². The smallest absolute Gasteiger partial charge is 0.218 e. The van der Waals surface area contributed by atoms with Crippen molar-refractivity contribution in [2.24, 2.45) is 0 Å². The largest absolute Gasteiger partial charge is 0.468 e. The highest BCUT2D eigenvalue weighted by Gasteiger charge is 2.29. The van der Waals surface area contributed by atoms with E-state index in [2.05, 4.69) is 5.32 Å². The van der Waals surface area contributed by atoms with Crippen LogP contribution in [-0.4, -0.2) is 37.6 Å². The summed E-state index contributed by atoms with van der Waals surface area (Å²) < 4.78 is 31.0. The number of hydrogen-bond donors (Lipinski definition) is 1. The molecule has 0 radical (unpaired) electrons. The number of hydrogen-bond acceptors (Lipinski definition) is 4. The Morgan fingerprint density at radius 3 is 2.83 bits per heavy atom. The molecule has 1 atom stereocenters. The lowest BCUT2D eigenvalue weighted by molar-refractivity contribution is 0.400. The second-order valence-electron chi connectivity index (χ2n) is 4.87. The van der Waals surface area contributed by atoms with E-state index in [-0.39, 0.29) is 6.54 Å². The van der Waals surface area contributed by atoms with E-state index in [1.54, 1.807) is 32.4 Å². The van der Waals surface area contributed by atoms with E-state index in [9.17, 15) is 8.42 Å². The van der Waals surface area contributed by atoms with Crippen molar-refractivity contribution in [2.75, 3.05) is 13.6 Å². The molecule has 1 heterocycles. The summed E-state index contributed by atoms with van der Waals surface area (Å²) in [4.78, 5) is 0. The molecule has 0 bridgehead atoms. The first kappa shape index (κ1) is 13.6. The third kappa shape index (κ3) is 3.34. The van der Waals surface area contributed by atoms with E-state index in [0.29, 0.717) is 18.3 Å². The van der Waals surface area contributed by atoms with Crippen LogP contribution in [0.15, 0.2) is 22.8 Å². The highest BCUT2D eigenvalue weighted by Crippen LogP contribution is 2.19. The van der Waals surface area contributed by atoms with Crippen molar-refractivity contribution in [3.05, 3.63) is 24.2 Å². The van der Waals surface area contributed by atoms with Crippen molar-refractivity contribution >= 4 is 10.0 Å². The normalized spacial score (nSPS) is 18.2. The fourth-order valence-electron chi connectivity index (χ4n) is 1.74. The van der Waals surface area contributed by atoms with Crippen molar-refractivity contribution < 1.29 is 12.8 Å². The summed E-state index contributed by atoms with van der Waals surface area (Å²) in [6.07, 6.45) is 3.87. The van der Waals surface area contributed by atoms with E-state index in [4.69, 9.17) is 4.42 Å². The van der Waals surface area contributed by atoms with Gasteiger partial charge in [0, 0.05) is 19.6 Å². The zero-order valence-electron chi connectivity index (χ0n) is 10.8. The summed E-state index contributed by atoms with van der Waals surface area (Å²) in [5.74, 6) is 0.656.